The first-order valence-electron chi connectivity index (χ1n) is 15.2. The van der Waals surface area contributed by atoms with Crippen molar-refractivity contribution in [3.8, 4) is 22.3 Å². The van der Waals surface area contributed by atoms with E-state index in [1.165, 1.54) is 54.1 Å². The Balaban J connectivity index is 0.00000124. The minimum atomic E-state index is -0.760. The van der Waals surface area contributed by atoms with Crippen molar-refractivity contribution in [2.45, 2.75) is 0 Å². The molecule has 0 saturated heterocycles. The molecule has 0 atom stereocenters. The van der Waals surface area contributed by atoms with Crippen LogP contribution in [0.25, 0.3) is 22.3 Å². The summed E-state index contributed by atoms with van der Waals surface area (Å²) in [6.07, 6.45) is 0. The Morgan fingerprint density at radius 1 is 0.277 bits per heavy atom. The molecule has 0 unspecified atom stereocenters. The fourth-order valence-corrected chi connectivity index (χ4v) is 10.8. The van der Waals surface area contributed by atoms with Crippen molar-refractivity contribution in [3.05, 3.63) is 194 Å². The summed E-state index contributed by atoms with van der Waals surface area (Å²) in [4.78, 5) is 0. The zero-order valence-corrected chi connectivity index (χ0v) is 31.0. The molecule has 0 aromatic heterocycles. The van der Waals surface area contributed by atoms with Gasteiger partial charge in [0, 0.05) is 0 Å². The third-order valence-corrected chi connectivity index (χ3v) is 12.9. The minimum absolute atomic E-state index is 0.472. The number of halogens is 2. The molecule has 0 saturated carbocycles. The van der Waals surface area contributed by atoms with Crippen molar-refractivity contribution < 1.29 is 16.5 Å². The molecule has 0 aliphatic rings. The maximum absolute atomic E-state index is 4.88. The SMILES string of the molecule is [Cl][Pt][Cl].c1ccc(P(c2ccccc2)c2ccccc2-c2ccccc2-c2ccccc2P(c2ccccc2)c2ccccc2)cc1. The largest absolute Gasteiger partial charge is 0.0622 e. The molecule has 0 radical (unpaired) electrons. The third kappa shape index (κ3) is 8.04. The summed E-state index contributed by atoms with van der Waals surface area (Å²) in [6, 6.07) is 71.0. The van der Waals surface area contributed by atoms with E-state index in [1.807, 2.05) is 0 Å². The molecule has 234 valence electrons. The van der Waals surface area contributed by atoms with Crippen LogP contribution in [0, 0.1) is 0 Å². The summed E-state index contributed by atoms with van der Waals surface area (Å²) in [7, 11) is 8.23. The second kappa shape index (κ2) is 17.2. The van der Waals surface area contributed by atoms with Crippen LogP contribution in [0.15, 0.2) is 194 Å². The smallest absolute Gasteiger partial charge is 0.00724 e. The van der Waals surface area contributed by atoms with Gasteiger partial charge in [0.15, 0.2) is 0 Å². The quantitative estimate of drug-likeness (QED) is 0.134. The molecule has 0 aliphatic carbocycles. The van der Waals surface area contributed by atoms with E-state index >= 15 is 0 Å². The molecule has 0 fully saturated rings. The van der Waals surface area contributed by atoms with Crippen LogP contribution in [0.4, 0.5) is 0 Å². The fourth-order valence-electron chi connectivity index (χ4n) is 5.91. The van der Waals surface area contributed by atoms with E-state index in [0.29, 0.717) is 0 Å². The monoisotopic (exact) mass is 863 g/mol. The summed E-state index contributed by atoms with van der Waals surface area (Å²) in [5.41, 5.74) is 5.12. The van der Waals surface area contributed by atoms with Gasteiger partial charge in [-0.05, 0) is 69.9 Å². The van der Waals surface area contributed by atoms with Crippen LogP contribution >= 0.6 is 34.7 Å². The second-order valence-corrected chi connectivity index (χ2v) is 18.3. The first-order chi connectivity index (χ1) is 23.3. The van der Waals surface area contributed by atoms with E-state index < -0.39 is 32.3 Å². The third-order valence-electron chi connectivity index (χ3n) is 7.85. The molecule has 5 heteroatoms. The Morgan fingerprint density at radius 3 is 0.766 bits per heavy atom. The molecule has 0 nitrogen and oxygen atoms in total. The molecule has 0 amide bonds. The van der Waals surface area contributed by atoms with E-state index in [9.17, 15) is 0 Å². The number of hydrogen-bond donors (Lipinski definition) is 0. The van der Waals surface area contributed by atoms with E-state index in [-0.39, 0.29) is 0 Å². The van der Waals surface area contributed by atoms with Gasteiger partial charge in [0.25, 0.3) is 0 Å². The van der Waals surface area contributed by atoms with Gasteiger partial charge >= 0.3 is 35.3 Å². The molecule has 0 aliphatic heterocycles. The zero-order valence-electron chi connectivity index (χ0n) is 25.4. The molecular weight excluding hydrogens is 832 g/mol. The molecule has 0 heterocycles. The molecule has 0 N–H and O–H groups in total. The van der Waals surface area contributed by atoms with Crippen LogP contribution in [0.1, 0.15) is 0 Å². The molecule has 0 spiro atoms. The molecule has 7 aromatic carbocycles. The standard InChI is InChI=1S/C42H32P2.2ClH.Pt/c1-5-19-33(20-6-1)43(34-21-7-2-8-22-34)41-31-17-15-29-39(41)37-27-13-14-28-38(37)40-30-16-18-32-42(40)44(35-23-9-3-10-24-35)36-25-11-4-12-26-36;;;/h1-32H;2*1H;/q;;;+2/p-2. The predicted octanol–water partition coefficient (Wildman–Crippen LogP) is 9.91. The van der Waals surface area contributed by atoms with Gasteiger partial charge in [0.1, 0.15) is 0 Å². The Bertz CT molecular complexity index is 1760. The maximum Gasteiger partial charge on any atom is -0.00724 e. The fraction of sp³-hybridized carbons (Fsp3) is 0. The van der Waals surface area contributed by atoms with Crippen molar-refractivity contribution in [1.82, 2.24) is 0 Å². The molecular formula is C42H32Cl2P2Pt. The summed E-state index contributed by atoms with van der Waals surface area (Å²) in [5.74, 6) is 0. The van der Waals surface area contributed by atoms with Crippen molar-refractivity contribution in [2.75, 3.05) is 0 Å². The van der Waals surface area contributed by atoms with Crippen LogP contribution in [0.3, 0.4) is 0 Å². The second-order valence-electron chi connectivity index (χ2n) is 10.6. The van der Waals surface area contributed by atoms with E-state index in [0.717, 1.165) is 0 Å². The van der Waals surface area contributed by atoms with Gasteiger partial charge in [-0.1, -0.05) is 194 Å². The van der Waals surface area contributed by atoms with Gasteiger partial charge in [0.2, 0.25) is 0 Å². The van der Waals surface area contributed by atoms with Crippen molar-refractivity contribution in [2.24, 2.45) is 0 Å². The Morgan fingerprint density at radius 2 is 0.489 bits per heavy atom. The molecule has 0 bridgehead atoms. The zero-order chi connectivity index (χ0) is 32.3. The van der Waals surface area contributed by atoms with Crippen LogP contribution in [0.2, 0.25) is 0 Å². The van der Waals surface area contributed by atoms with Gasteiger partial charge in [-0.15, -0.1) is 0 Å². The Kier molecular flexibility index (Phi) is 12.3. The molecule has 47 heavy (non-hydrogen) atoms. The maximum atomic E-state index is 4.88. The van der Waals surface area contributed by atoms with Crippen LogP contribution in [-0.4, -0.2) is 0 Å². The summed E-state index contributed by atoms with van der Waals surface area (Å²) < 4.78 is 0. The van der Waals surface area contributed by atoms with Gasteiger partial charge in [-0.3, -0.25) is 0 Å². The van der Waals surface area contributed by atoms with Crippen molar-refractivity contribution in [1.29, 1.82) is 0 Å². The Hall–Kier alpha value is -3.33. The van der Waals surface area contributed by atoms with Crippen LogP contribution < -0.4 is 31.8 Å². The average Bonchev–Trinajstić information content (AvgIpc) is 3.15. The van der Waals surface area contributed by atoms with Crippen molar-refractivity contribution >= 4 is 66.5 Å². The van der Waals surface area contributed by atoms with Gasteiger partial charge in [0.05, 0.1) is 0 Å². The summed E-state index contributed by atoms with van der Waals surface area (Å²) in [6.45, 7) is 0. The van der Waals surface area contributed by atoms with E-state index in [4.69, 9.17) is 18.8 Å². The summed E-state index contributed by atoms with van der Waals surface area (Å²) >= 11 is -0.472. The Labute approximate surface area is 297 Å². The molecule has 7 rings (SSSR count). The van der Waals surface area contributed by atoms with Gasteiger partial charge < -0.3 is 0 Å². The van der Waals surface area contributed by atoms with Gasteiger partial charge in [-0.2, -0.15) is 0 Å². The van der Waals surface area contributed by atoms with E-state index in [1.54, 1.807) is 0 Å². The number of benzene rings is 7. The van der Waals surface area contributed by atoms with Crippen molar-refractivity contribution in [3.63, 3.8) is 0 Å². The van der Waals surface area contributed by atoms with E-state index in [2.05, 4.69) is 194 Å². The number of rotatable bonds is 8. The predicted molar refractivity (Wildman–Crippen MR) is 206 cm³/mol. The first-order valence-corrected chi connectivity index (χ1v) is 23.5. The normalized spacial score (nSPS) is 10.9. The topological polar surface area (TPSA) is 0 Å². The minimum Gasteiger partial charge on any atom is -0.0622 e. The van der Waals surface area contributed by atoms with Gasteiger partial charge in [-0.25, -0.2) is 0 Å². The van der Waals surface area contributed by atoms with Crippen LogP contribution in [-0.2, 0) is 16.5 Å². The first kappa shape index (κ1) is 33.6. The van der Waals surface area contributed by atoms with Crippen LogP contribution in [0.5, 0.6) is 0 Å². The molecule has 7 aromatic rings. The average molecular weight is 865 g/mol. The summed E-state index contributed by atoms with van der Waals surface area (Å²) in [5, 5.41) is 8.18. The number of hydrogen-bond acceptors (Lipinski definition) is 0.